The van der Waals surface area contributed by atoms with Gasteiger partial charge in [0.15, 0.2) is 0 Å². The molecule has 1 aliphatic carbocycles. The summed E-state index contributed by atoms with van der Waals surface area (Å²) in [5.74, 6) is -0.248. The van der Waals surface area contributed by atoms with E-state index in [0.717, 1.165) is 55.8 Å². The van der Waals surface area contributed by atoms with Gasteiger partial charge in [0, 0.05) is 55.4 Å². The number of benzene rings is 8. The first-order valence-electron chi connectivity index (χ1n) is 18.9. The van der Waals surface area contributed by atoms with Crippen molar-refractivity contribution < 1.29 is 4.39 Å². The molecule has 2 heterocycles. The van der Waals surface area contributed by atoms with Crippen molar-refractivity contribution in [3.05, 3.63) is 199 Å². The van der Waals surface area contributed by atoms with E-state index >= 15 is 0 Å². The summed E-state index contributed by atoms with van der Waals surface area (Å²) in [7, 11) is 0. The van der Waals surface area contributed by atoms with E-state index in [9.17, 15) is 4.39 Å². The lowest BCUT2D eigenvalue weighted by Gasteiger charge is -2.28. The van der Waals surface area contributed by atoms with E-state index in [1.165, 1.54) is 50.7 Å². The molecule has 0 saturated carbocycles. The Kier molecular flexibility index (Phi) is 6.78. The van der Waals surface area contributed by atoms with Gasteiger partial charge in [0.25, 0.3) is 0 Å². The zero-order valence-corrected chi connectivity index (χ0v) is 30.5. The Hall–Kier alpha value is -6.91. The molecule has 10 aromatic rings. The van der Waals surface area contributed by atoms with E-state index in [4.69, 9.17) is 0 Å². The summed E-state index contributed by atoms with van der Waals surface area (Å²) in [5, 5.41) is 4.71. The molecule has 0 radical (unpaired) electrons. The van der Waals surface area contributed by atoms with Crippen LogP contribution in [0.4, 0.5) is 21.5 Å². The van der Waals surface area contributed by atoms with E-state index in [1.54, 1.807) is 0 Å². The Morgan fingerprint density at radius 2 is 0.927 bits per heavy atom. The van der Waals surface area contributed by atoms with Gasteiger partial charge in [-0.15, -0.1) is 0 Å². The molecule has 4 heteroatoms. The molecular formula is C51H36FN3. The lowest BCUT2D eigenvalue weighted by Crippen LogP contribution is -2.16. The van der Waals surface area contributed by atoms with Crippen molar-refractivity contribution in [3.63, 3.8) is 0 Å². The predicted molar refractivity (Wildman–Crippen MR) is 227 cm³/mol. The van der Waals surface area contributed by atoms with Crippen molar-refractivity contribution >= 4 is 60.7 Å². The molecule has 3 nitrogen and oxygen atoms in total. The second-order valence-electron chi connectivity index (χ2n) is 15.2. The van der Waals surface area contributed by atoms with Crippen molar-refractivity contribution in [3.8, 4) is 22.5 Å². The topological polar surface area (TPSA) is 13.1 Å². The normalized spacial score (nSPS) is 13.1. The van der Waals surface area contributed by atoms with Crippen LogP contribution in [-0.2, 0) is 5.41 Å². The van der Waals surface area contributed by atoms with E-state index in [0.29, 0.717) is 0 Å². The third kappa shape index (κ3) is 4.68. The molecular weight excluding hydrogens is 674 g/mol. The summed E-state index contributed by atoms with van der Waals surface area (Å²) in [6, 6.07) is 64.0. The zero-order chi connectivity index (χ0) is 36.8. The number of aromatic nitrogens is 2. The SMILES string of the molecule is CC1(C)c2ccccc2-c2ccc(N(c3ccc4c(c3)c3ccccc3n4-c3ccccc3)c3ccc4c5ccccc5n(-c5ccc(F)cc5)c4c3)cc21. The largest absolute Gasteiger partial charge is 0.310 e. The summed E-state index contributed by atoms with van der Waals surface area (Å²) in [6.07, 6.45) is 0. The summed E-state index contributed by atoms with van der Waals surface area (Å²) < 4.78 is 18.8. The molecule has 8 aromatic carbocycles. The lowest BCUT2D eigenvalue weighted by molar-refractivity contribution is 0.627. The van der Waals surface area contributed by atoms with Crippen LogP contribution in [0, 0.1) is 5.82 Å². The van der Waals surface area contributed by atoms with E-state index < -0.39 is 0 Å². The molecule has 0 N–H and O–H groups in total. The van der Waals surface area contributed by atoms with Gasteiger partial charge in [-0.05, 0) is 113 Å². The molecule has 0 fully saturated rings. The van der Waals surface area contributed by atoms with E-state index in [-0.39, 0.29) is 11.2 Å². The van der Waals surface area contributed by atoms with Crippen LogP contribution < -0.4 is 4.90 Å². The Bertz CT molecular complexity index is 3130. The van der Waals surface area contributed by atoms with Gasteiger partial charge < -0.3 is 14.0 Å². The van der Waals surface area contributed by atoms with Crippen molar-refractivity contribution in [2.75, 3.05) is 4.90 Å². The number of hydrogen-bond acceptors (Lipinski definition) is 1. The maximum atomic E-state index is 14.2. The molecule has 0 bridgehead atoms. The summed E-state index contributed by atoms with van der Waals surface area (Å²) in [4.78, 5) is 2.40. The zero-order valence-electron chi connectivity index (χ0n) is 30.5. The third-order valence-corrected chi connectivity index (χ3v) is 11.8. The molecule has 262 valence electrons. The highest BCUT2D eigenvalue weighted by molar-refractivity contribution is 6.12. The maximum Gasteiger partial charge on any atom is 0.123 e. The minimum atomic E-state index is -0.248. The predicted octanol–water partition coefficient (Wildman–Crippen LogP) is 13.8. The second kappa shape index (κ2) is 11.8. The van der Waals surface area contributed by atoms with Gasteiger partial charge in [0.2, 0.25) is 0 Å². The Balaban J connectivity index is 1.18. The molecule has 1 aliphatic rings. The molecule has 0 unspecified atom stereocenters. The minimum absolute atomic E-state index is 0.153. The highest BCUT2D eigenvalue weighted by Crippen LogP contribution is 2.51. The van der Waals surface area contributed by atoms with Gasteiger partial charge in [-0.1, -0.05) is 105 Å². The molecule has 0 aliphatic heterocycles. The molecule has 0 amide bonds. The fourth-order valence-electron chi connectivity index (χ4n) is 9.20. The first kappa shape index (κ1) is 31.6. The first-order chi connectivity index (χ1) is 27.0. The second-order valence-corrected chi connectivity index (χ2v) is 15.2. The van der Waals surface area contributed by atoms with Gasteiger partial charge in [0.05, 0.1) is 22.1 Å². The van der Waals surface area contributed by atoms with Crippen LogP contribution in [-0.4, -0.2) is 9.13 Å². The Morgan fingerprint density at radius 1 is 0.400 bits per heavy atom. The molecule has 2 aromatic heterocycles. The average molecular weight is 710 g/mol. The fourth-order valence-corrected chi connectivity index (χ4v) is 9.20. The smallest absolute Gasteiger partial charge is 0.123 e. The molecule has 0 atom stereocenters. The van der Waals surface area contributed by atoms with Gasteiger partial charge in [-0.2, -0.15) is 0 Å². The Morgan fingerprint density at radius 3 is 1.71 bits per heavy atom. The standard InChI is InChI=1S/C51H36FN3/c1-51(2)45-17-9-6-14-39(45)40-27-24-37(31-46(40)51)53(36-26-29-49-44(30-36)42-16-8-11-19-48(42)54(49)34-12-4-3-5-13-34)38-25-28-43-41-15-7-10-18-47(41)55(50(43)32-38)35-22-20-33(52)21-23-35/h3-32H,1-2H3. The van der Waals surface area contributed by atoms with Crippen LogP contribution in [0.25, 0.3) is 66.1 Å². The molecule has 0 saturated heterocycles. The summed E-state index contributed by atoms with van der Waals surface area (Å²) in [6.45, 7) is 4.67. The van der Waals surface area contributed by atoms with Crippen LogP contribution in [0.3, 0.4) is 0 Å². The highest BCUT2D eigenvalue weighted by atomic mass is 19.1. The number of nitrogens with zero attached hydrogens (tertiary/aromatic N) is 3. The van der Waals surface area contributed by atoms with Crippen molar-refractivity contribution in [2.24, 2.45) is 0 Å². The van der Waals surface area contributed by atoms with Gasteiger partial charge in [-0.3, -0.25) is 0 Å². The van der Waals surface area contributed by atoms with Crippen LogP contribution >= 0.6 is 0 Å². The quantitative estimate of drug-likeness (QED) is 0.173. The molecule has 11 rings (SSSR count). The number of anilines is 3. The number of hydrogen-bond donors (Lipinski definition) is 0. The van der Waals surface area contributed by atoms with Gasteiger partial charge in [0.1, 0.15) is 5.82 Å². The first-order valence-corrected chi connectivity index (χ1v) is 18.9. The van der Waals surface area contributed by atoms with Crippen molar-refractivity contribution in [2.45, 2.75) is 19.3 Å². The highest BCUT2D eigenvalue weighted by Gasteiger charge is 2.36. The van der Waals surface area contributed by atoms with Crippen molar-refractivity contribution in [1.82, 2.24) is 9.13 Å². The van der Waals surface area contributed by atoms with Gasteiger partial charge >= 0.3 is 0 Å². The van der Waals surface area contributed by atoms with Crippen LogP contribution in [0.2, 0.25) is 0 Å². The fraction of sp³-hybridized carbons (Fsp3) is 0.0588. The monoisotopic (exact) mass is 709 g/mol. The molecule has 0 spiro atoms. The Labute approximate surface area is 318 Å². The van der Waals surface area contributed by atoms with Gasteiger partial charge in [-0.25, -0.2) is 4.39 Å². The average Bonchev–Trinajstić information content (AvgIpc) is 3.81. The van der Waals surface area contributed by atoms with Crippen molar-refractivity contribution in [1.29, 1.82) is 0 Å². The van der Waals surface area contributed by atoms with Crippen LogP contribution in [0.1, 0.15) is 25.0 Å². The number of fused-ring (bicyclic) bond motifs is 9. The van der Waals surface area contributed by atoms with Crippen LogP contribution in [0.15, 0.2) is 182 Å². The van der Waals surface area contributed by atoms with E-state index in [2.05, 4.69) is 186 Å². The number of rotatable bonds is 5. The summed E-state index contributed by atoms with van der Waals surface area (Å²) >= 11 is 0. The minimum Gasteiger partial charge on any atom is -0.310 e. The maximum absolute atomic E-state index is 14.2. The molecule has 55 heavy (non-hydrogen) atoms. The van der Waals surface area contributed by atoms with E-state index in [1.807, 2.05) is 12.1 Å². The number of para-hydroxylation sites is 3. The lowest BCUT2D eigenvalue weighted by atomic mass is 9.82. The number of halogens is 1. The third-order valence-electron chi connectivity index (χ3n) is 11.8. The van der Waals surface area contributed by atoms with Crippen LogP contribution in [0.5, 0.6) is 0 Å². The summed E-state index contributed by atoms with van der Waals surface area (Å²) in [5.41, 5.74) is 14.9.